The number of nitrogens with two attached hydrogens (primary N) is 1. The van der Waals surface area contributed by atoms with Gasteiger partial charge < -0.3 is 15.7 Å². The summed E-state index contributed by atoms with van der Waals surface area (Å²) in [6.07, 6.45) is -3.07. The van der Waals surface area contributed by atoms with Gasteiger partial charge in [-0.25, -0.2) is 22.9 Å². The Balaban J connectivity index is 0.000000429. The van der Waals surface area contributed by atoms with Crippen LogP contribution in [0.5, 0.6) is 0 Å². The zero-order valence-electron chi connectivity index (χ0n) is 18.6. The molecule has 2 heterocycles. The molecule has 1 aliphatic heterocycles. The van der Waals surface area contributed by atoms with E-state index < -0.39 is 22.2 Å². The molecule has 4 rings (SSSR count). The Morgan fingerprint density at radius 3 is 2.40 bits per heavy atom. The smallest absolute Gasteiger partial charge is 0.475 e. The lowest BCUT2D eigenvalue weighted by atomic mass is 10.0. The van der Waals surface area contributed by atoms with Crippen molar-refractivity contribution in [1.82, 2.24) is 9.71 Å². The molecule has 12 heteroatoms. The van der Waals surface area contributed by atoms with Gasteiger partial charge in [0.05, 0.1) is 10.4 Å². The number of aromatic nitrogens is 1. The fourth-order valence-electron chi connectivity index (χ4n) is 3.68. The minimum absolute atomic E-state index is 0.200. The van der Waals surface area contributed by atoms with E-state index in [0.717, 1.165) is 25.9 Å². The molecular formula is C23H25F3N4O4S. The Morgan fingerprint density at radius 1 is 1.11 bits per heavy atom. The summed E-state index contributed by atoms with van der Waals surface area (Å²) in [4.78, 5) is 16.1. The first-order chi connectivity index (χ1) is 16.5. The number of aliphatic carboxylic acids is 1. The molecule has 35 heavy (non-hydrogen) atoms. The molecular weight excluding hydrogens is 485 g/mol. The van der Waals surface area contributed by atoms with Crippen LogP contribution in [-0.4, -0.2) is 50.3 Å². The zero-order chi connectivity index (χ0) is 25.6. The van der Waals surface area contributed by atoms with Crippen LogP contribution in [0, 0.1) is 0 Å². The van der Waals surface area contributed by atoms with E-state index in [0.29, 0.717) is 16.7 Å². The first-order valence-electron chi connectivity index (χ1n) is 10.7. The quantitative estimate of drug-likeness (QED) is 0.482. The van der Waals surface area contributed by atoms with E-state index in [-0.39, 0.29) is 18.0 Å². The number of carboxylic acid groups (broad SMARTS) is 1. The second kappa shape index (κ2) is 11.0. The van der Waals surface area contributed by atoms with E-state index in [4.69, 9.17) is 20.6 Å². The van der Waals surface area contributed by atoms with Crippen LogP contribution in [0.15, 0.2) is 59.5 Å². The largest absolute Gasteiger partial charge is 0.490 e. The summed E-state index contributed by atoms with van der Waals surface area (Å²) >= 11 is 0. The maximum atomic E-state index is 12.9. The number of nitrogens with zero attached hydrogens (tertiary/aromatic N) is 2. The van der Waals surface area contributed by atoms with Crippen LogP contribution < -0.4 is 15.4 Å². The van der Waals surface area contributed by atoms with Crippen LogP contribution >= 0.6 is 0 Å². The number of sulfonamides is 1. The van der Waals surface area contributed by atoms with Gasteiger partial charge in [0.25, 0.3) is 0 Å². The molecule has 8 nitrogen and oxygen atoms in total. The summed E-state index contributed by atoms with van der Waals surface area (Å²) in [5.74, 6) is -2.07. The van der Waals surface area contributed by atoms with Gasteiger partial charge in [-0.3, -0.25) is 0 Å². The highest BCUT2D eigenvalue weighted by Crippen LogP contribution is 2.29. The number of anilines is 1. The standard InChI is InChI=1S/C21H24N4O2S.C2HF3O2/c22-11-12-23-28(26,27)20-14-21(24-19-10-4-3-9-18(19)20)25-13-5-8-16-6-1-2-7-17(16)15-25;3-2(4,5)1(6)7/h1-4,6-7,9-10,14,23H,5,8,11-13,15,22H2;(H,6,7). The number of carboxylic acids is 1. The summed E-state index contributed by atoms with van der Waals surface area (Å²) in [5.41, 5.74) is 8.77. The Morgan fingerprint density at radius 2 is 1.74 bits per heavy atom. The molecule has 0 fully saturated rings. The summed E-state index contributed by atoms with van der Waals surface area (Å²) in [6.45, 7) is 2.00. The molecule has 4 N–H and O–H groups in total. The maximum Gasteiger partial charge on any atom is 0.490 e. The number of alkyl halides is 3. The molecule has 0 radical (unpaired) electrons. The molecule has 1 aliphatic rings. The van der Waals surface area contributed by atoms with Crippen molar-refractivity contribution in [3.8, 4) is 0 Å². The highest BCUT2D eigenvalue weighted by Gasteiger charge is 2.38. The van der Waals surface area contributed by atoms with Gasteiger partial charge in [0.2, 0.25) is 10.0 Å². The highest BCUT2D eigenvalue weighted by atomic mass is 32.2. The first-order valence-corrected chi connectivity index (χ1v) is 12.2. The lowest BCUT2D eigenvalue weighted by Gasteiger charge is -2.23. The number of pyridine rings is 1. The van der Waals surface area contributed by atoms with E-state index in [1.54, 1.807) is 12.1 Å². The van der Waals surface area contributed by atoms with Gasteiger partial charge in [0.15, 0.2) is 0 Å². The molecule has 3 aromatic rings. The van der Waals surface area contributed by atoms with Gasteiger partial charge in [0, 0.05) is 37.6 Å². The number of fused-ring (bicyclic) bond motifs is 2. The topological polar surface area (TPSA) is 126 Å². The van der Waals surface area contributed by atoms with Crippen molar-refractivity contribution in [3.05, 3.63) is 65.7 Å². The van der Waals surface area contributed by atoms with Gasteiger partial charge in [-0.05, 0) is 30.0 Å². The summed E-state index contributed by atoms with van der Waals surface area (Å²) in [5, 5.41) is 7.74. The third-order valence-electron chi connectivity index (χ3n) is 5.31. The van der Waals surface area contributed by atoms with E-state index in [1.807, 2.05) is 24.3 Å². The zero-order valence-corrected chi connectivity index (χ0v) is 19.4. The number of halogens is 3. The van der Waals surface area contributed by atoms with Gasteiger partial charge >= 0.3 is 12.1 Å². The molecule has 0 unspecified atom stereocenters. The van der Waals surface area contributed by atoms with E-state index in [9.17, 15) is 21.6 Å². The molecule has 0 aliphatic carbocycles. The number of hydrogen-bond acceptors (Lipinski definition) is 6. The Kier molecular flexibility index (Phi) is 8.30. The monoisotopic (exact) mass is 510 g/mol. The van der Waals surface area contributed by atoms with Gasteiger partial charge in [0.1, 0.15) is 5.82 Å². The maximum absolute atomic E-state index is 12.9. The Labute approximate surface area is 200 Å². The number of carbonyl (C=O) groups is 1. The lowest BCUT2D eigenvalue weighted by Crippen LogP contribution is -2.30. The minimum Gasteiger partial charge on any atom is -0.475 e. The van der Waals surface area contributed by atoms with Crippen molar-refractivity contribution in [3.63, 3.8) is 0 Å². The molecule has 0 spiro atoms. The van der Waals surface area contributed by atoms with Crippen molar-refractivity contribution in [2.75, 3.05) is 24.5 Å². The Bertz CT molecular complexity index is 1300. The predicted octanol–water partition coefficient (Wildman–Crippen LogP) is 3.06. The molecule has 2 aromatic carbocycles. The number of benzene rings is 2. The number of rotatable bonds is 5. The first kappa shape index (κ1) is 26.4. The van der Waals surface area contributed by atoms with Crippen LogP contribution in [0.25, 0.3) is 10.9 Å². The van der Waals surface area contributed by atoms with Crippen molar-refractivity contribution in [2.45, 2.75) is 30.5 Å². The molecule has 0 bridgehead atoms. The number of para-hydroxylation sites is 1. The molecule has 0 atom stereocenters. The minimum atomic E-state index is -5.08. The fraction of sp³-hybridized carbons (Fsp3) is 0.304. The molecule has 1 aromatic heterocycles. The van der Waals surface area contributed by atoms with Gasteiger partial charge in [-0.15, -0.1) is 0 Å². The number of aryl methyl sites for hydroxylation is 1. The highest BCUT2D eigenvalue weighted by molar-refractivity contribution is 7.89. The average Bonchev–Trinajstić information content (AvgIpc) is 3.04. The second-order valence-electron chi connectivity index (χ2n) is 7.78. The third kappa shape index (κ3) is 6.68. The van der Waals surface area contributed by atoms with Crippen LogP contribution in [0.4, 0.5) is 19.0 Å². The van der Waals surface area contributed by atoms with Crippen LogP contribution in [-0.2, 0) is 27.8 Å². The predicted molar refractivity (Wildman–Crippen MR) is 125 cm³/mol. The van der Waals surface area contributed by atoms with Gasteiger partial charge in [-0.1, -0.05) is 42.5 Å². The molecule has 0 amide bonds. The van der Waals surface area contributed by atoms with Crippen molar-refractivity contribution in [1.29, 1.82) is 0 Å². The Hall–Kier alpha value is -3.22. The lowest BCUT2D eigenvalue weighted by molar-refractivity contribution is -0.192. The number of nitrogens with one attached hydrogen (secondary N) is 1. The number of hydrogen-bond donors (Lipinski definition) is 3. The van der Waals surface area contributed by atoms with E-state index in [1.165, 1.54) is 11.1 Å². The van der Waals surface area contributed by atoms with Crippen LogP contribution in [0.1, 0.15) is 17.5 Å². The SMILES string of the molecule is NCCNS(=O)(=O)c1cc(N2CCCc3ccccc3C2)nc2ccccc12.O=C(O)C(F)(F)F. The van der Waals surface area contributed by atoms with Crippen molar-refractivity contribution >= 4 is 32.7 Å². The second-order valence-corrected chi connectivity index (χ2v) is 9.51. The fourth-order valence-corrected chi connectivity index (χ4v) is 4.95. The summed E-state index contributed by atoms with van der Waals surface area (Å²) in [6, 6.07) is 17.4. The molecule has 188 valence electrons. The van der Waals surface area contributed by atoms with Gasteiger partial charge in [-0.2, -0.15) is 13.2 Å². The van der Waals surface area contributed by atoms with Crippen molar-refractivity contribution in [2.24, 2.45) is 5.73 Å². The molecule has 0 saturated heterocycles. The van der Waals surface area contributed by atoms with Crippen LogP contribution in [0.2, 0.25) is 0 Å². The normalized spacial score (nSPS) is 14.0. The summed E-state index contributed by atoms with van der Waals surface area (Å²) < 4.78 is 60.1. The average molecular weight is 511 g/mol. The van der Waals surface area contributed by atoms with E-state index in [2.05, 4.69) is 27.8 Å². The van der Waals surface area contributed by atoms with Crippen molar-refractivity contribution < 1.29 is 31.5 Å². The van der Waals surface area contributed by atoms with Crippen LogP contribution in [0.3, 0.4) is 0 Å². The van der Waals surface area contributed by atoms with E-state index >= 15 is 0 Å². The third-order valence-corrected chi connectivity index (χ3v) is 6.81. The summed E-state index contributed by atoms with van der Waals surface area (Å²) in [7, 11) is -3.68. The molecule has 0 saturated carbocycles.